The Balaban J connectivity index is 1.30. The normalized spacial score (nSPS) is 13.6. The van der Waals surface area contributed by atoms with Crippen molar-refractivity contribution in [2.45, 2.75) is 66.1 Å². The first-order valence-electron chi connectivity index (χ1n) is 26.1. The van der Waals surface area contributed by atoms with Crippen LogP contribution in [0.15, 0.2) is 194 Å². The third kappa shape index (κ3) is 8.43. The molecule has 0 spiro atoms. The number of aromatic nitrogens is 3. The number of para-hydroxylation sites is 1. The van der Waals surface area contributed by atoms with Crippen LogP contribution in [-0.2, 0) is 10.8 Å². The molecule has 4 nitrogen and oxygen atoms in total. The van der Waals surface area contributed by atoms with E-state index in [2.05, 4.69) is 94.6 Å². The minimum Gasteiger partial charge on any atom is -0.507 e. The van der Waals surface area contributed by atoms with Crippen LogP contribution in [0, 0.1) is 13.7 Å². The zero-order valence-corrected chi connectivity index (χ0v) is 39.3. The van der Waals surface area contributed by atoms with Crippen LogP contribution in [0.25, 0.3) is 95.0 Å². The molecule has 0 unspecified atom stereocenters. The average Bonchev–Trinajstić information content (AvgIpc) is 3.77. The van der Waals surface area contributed by atoms with Crippen LogP contribution in [0.2, 0.25) is 0 Å². The van der Waals surface area contributed by atoms with Gasteiger partial charge in [-0.1, -0.05) is 181 Å². The maximum Gasteiger partial charge on any atom is 0.149 e. The summed E-state index contributed by atoms with van der Waals surface area (Å²) in [6, 6.07) is 61.2. The van der Waals surface area contributed by atoms with E-state index in [9.17, 15) is 5.11 Å². The number of pyridine rings is 1. The summed E-state index contributed by atoms with van der Waals surface area (Å²) in [7, 11) is 0. The molecule has 0 bridgehead atoms. The predicted molar refractivity (Wildman–Crippen MR) is 285 cm³/mol. The van der Waals surface area contributed by atoms with Crippen molar-refractivity contribution in [1.29, 1.82) is 0 Å². The molecule has 0 amide bonds. The molecule has 0 saturated carbocycles. The molecular formula is C64H57N3O. The van der Waals surface area contributed by atoms with E-state index in [1.165, 1.54) is 0 Å². The van der Waals surface area contributed by atoms with Crippen LogP contribution in [-0.4, -0.2) is 19.6 Å². The van der Waals surface area contributed by atoms with Gasteiger partial charge in [0.15, 0.2) is 0 Å². The van der Waals surface area contributed by atoms with Crippen molar-refractivity contribution in [3.8, 4) is 89.7 Å². The number of hydrogen-bond donors (Lipinski definition) is 1. The van der Waals surface area contributed by atoms with E-state index in [1.807, 2.05) is 127 Å². The van der Waals surface area contributed by atoms with Crippen molar-refractivity contribution in [1.82, 2.24) is 14.5 Å². The highest BCUT2D eigenvalue weighted by Crippen LogP contribution is 2.47. The number of aryl methyl sites for hydroxylation is 2. The van der Waals surface area contributed by atoms with Crippen molar-refractivity contribution >= 4 is 11.0 Å². The molecule has 0 aliphatic rings. The first kappa shape index (κ1) is 37.3. The molecule has 0 aliphatic heterocycles. The second-order valence-corrected chi connectivity index (χ2v) is 19.7. The van der Waals surface area contributed by atoms with Crippen molar-refractivity contribution in [3.63, 3.8) is 0 Å². The summed E-state index contributed by atoms with van der Waals surface area (Å²) in [4.78, 5) is 10.6. The lowest BCUT2D eigenvalue weighted by Crippen LogP contribution is -2.17. The van der Waals surface area contributed by atoms with Gasteiger partial charge in [-0.25, -0.2) is 4.98 Å². The molecule has 2 heterocycles. The zero-order chi connectivity index (χ0) is 52.3. The summed E-state index contributed by atoms with van der Waals surface area (Å²) in [6.07, 6.45) is 1.78. The largest absolute Gasteiger partial charge is 0.507 e. The molecule has 10 aromatic rings. The number of aromatic hydroxyl groups is 1. The smallest absolute Gasteiger partial charge is 0.149 e. The highest BCUT2D eigenvalue weighted by Gasteiger charge is 2.30. The first-order chi connectivity index (χ1) is 35.1. The number of rotatable bonds is 8. The van der Waals surface area contributed by atoms with Gasteiger partial charge in [0.05, 0.1) is 28.0 Å². The van der Waals surface area contributed by atoms with Gasteiger partial charge in [-0.2, -0.15) is 0 Å². The van der Waals surface area contributed by atoms with Gasteiger partial charge in [0.25, 0.3) is 0 Å². The Labute approximate surface area is 409 Å². The number of fused-ring (bicyclic) bond motifs is 1. The van der Waals surface area contributed by atoms with E-state index in [1.54, 1.807) is 18.3 Å². The van der Waals surface area contributed by atoms with Crippen LogP contribution in [0.5, 0.6) is 5.75 Å². The Bertz CT molecular complexity index is 3700. The van der Waals surface area contributed by atoms with Crippen LogP contribution in [0.3, 0.4) is 0 Å². The Morgan fingerprint density at radius 1 is 0.471 bits per heavy atom. The van der Waals surface area contributed by atoms with Crippen LogP contribution >= 0.6 is 0 Å². The van der Waals surface area contributed by atoms with E-state index >= 15 is 0 Å². The fraction of sp³-hybridized carbons (Fsp3) is 0.156. The molecule has 68 heavy (non-hydrogen) atoms. The molecule has 10 rings (SSSR count). The van der Waals surface area contributed by atoms with Gasteiger partial charge in [-0.05, 0) is 135 Å². The third-order valence-electron chi connectivity index (χ3n) is 12.9. The molecule has 4 heteroatoms. The molecule has 8 aromatic carbocycles. The second-order valence-electron chi connectivity index (χ2n) is 19.7. The van der Waals surface area contributed by atoms with E-state index in [-0.39, 0.29) is 22.3 Å². The molecule has 0 atom stereocenters. The maximum absolute atomic E-state index is 12.7. The minimum atomic E-state index is -2.46. The van der Waals surface area contributed by atoms with Crippen LogP contribution < -0.4 is 0 Å². The van der Waals surface area contributed by atoms with Crippen LogP contribution in [0.1, 0.15) is 72.0 Å². The summed E-state index contributed by atoms with van der Waals surface area (Å²) in [5.41, 5.74) is 14.1. The van der Waals surface area contributed by atoms with E-state index in [0.717, 1.165) is 72.4 Å². The van der Waals surface area contributed by atoms with Gasteiger partial charge in [-0.3, -0.25) is 9.55 Å². The lowest BCUT2D eigenvalue weighted by atomic mass is 9.79. The lowest BCUT2D eigenvalue weighted by molar-refractivity contribution is 0.446. The predicted octanol–water partition coefficient (Wildman–Crippen LogP) is 17.0. The van der Waals surface area contributed by atoms with Crippen molar-refractivity contribution in [2.75, 3.05) is 0 Å². The highest BCUT2D eigenvalue weighted by atomic mass is 16.3. The second kappa shape index (κ2) is 17.4. The molecule has 1 N–H and O–H groups in total. The number of nitrogens with zero attached hydrogens (tertiary/aromatic N) is 3. The summed E-state index contributed by atoms with van der Waals surface area (Å²) < 4.78 is 52.5. The molecular weight excluding hydrogens is 827 g/mol. The van der Waals surface area contributed by atoms with E-state index < -0.39 is 19.1 Å². The Hall–Kier alpha value is -7.82. The quantitative estimate of drug-likeness (QED) is 0.165. The van der Waals surface area contributed by atoms with Gasteiger partial charge >= 0.3 is 0 Å². The topological polar surface area (TPSA) is 50.9 Å². The number of benzene rings is 8. The number of imidazole rings is 1. The van der Waals surface area contributed by atoms with Gasteiger partial charge in [0.1, 0.15) is 11.6 Å². The summed E-state index contributed by atoms with van der Waals surface area (Å²) in [5.74, 6) is 0.623. The van der Waals surface area contributed by atoms with Gasteiger partial charge in [0, 0.05) is 36.7 Å². The molecule has 334 valence electrons. The Morgan fingerprint density at radius 2 is 1.10 bits per heavy atom. The Kier molecular flexibility index (Phi) is 9.56. The minimum absolute atomic E-state index is 0.125. The van der Waals surface area contributed by atoms with E-state index in [0.29, 0.717) is 33.7 Å². The van der Waals surface area contributed by atoms with Crippen LogP contribution in [0.4, 0.5) is 0 Å². The number of phenolic OH excluding ortho intramolecular Hbond substituents is 1. The highest BCUT2D eigenvalue weighted by molar-refractivity contribution is 5.99. The molecule has 0 radical (unpaired) electrons. The monoisotopic (exact) mass is 889 g/mol. The SMILES string of the molecule is [2H]C([2H])([2H])c1ccc(-c2ccnc(-c3cc(-c4ccccc4)cc(-c4cccc5c4nc(-c4cc(C(C)(C)C)cc(C(C)(C)C)c4O)n5-c4cc(-c5ccccc5)c(C([2H])([2H])[2H])cc4-c4ccccc4)c3)c2)cc1. The van der Waals surface area contributed by atoms with Crippen molar-refractivity contribution in [2.24, 2.45) is 0 Å². The third-order valence-corrected chi connectivity index (χ3v) is 12.9. The summed E-state index contributed by atoms with van der Waals surface area (Å²) in [6.45, 7) is 8.15. The summed E-state index contributed by atoms with van der Waals surface area (Å²) in [5, 5.41) is 12.7. The molecule has 0 saturated heterocycles. The molecule has 2 aromatic heterocycles. The van der Waals surface area contributed by atoms with Gasteiger partial charge < -0.3 is 5.11 Å². The lowest BCUT2D eigenvalue weighted by Gasteiger charge is -2.28. The van der Waals surface area contributed by atoms with Gasteiger partial charge in [0.2, 0.25) is 0 Å². The molecule has 0 fully saturated rings. The first-order valence-corrected chi connectivity index (χ1v) is 23.1. The fourth-order valence-electron chi connectivity index (χ4n) is 9.20. The summed E-state index contributed by atoms with van der Waals surface area (Å²) >= 11 is 0. The average molecular weight is 890 g/mol. The fourth-order valence-corrected chi connectivity index (χ4v) is 9.20. The number of phenols is 1. The maximum atomic E-state index is 12.7. The Morgan fingerprint density at radius 3 is 1.75 bits per heavy atom. The number of hydrogen-bond acceptors (Lipinski definition) is 3. The van der Waals surface area contributed by atoms with E-state index in [4.69, 9.17) is 18.2 Å². The molecule has 0 aliphatic carbocycles. The van der Waals surface area contributed by atoms with Gasteiger partial charge in [-0.15, -0.1) is 0 Å². The van der Waals surface area contributed by atoms with Crippen molar-refractivity contribution in [3.05, 3.63) is 217 Å². The van der Waals surface area contributed by atoms with Crippen molar-refractivity contribution < 1.29 is 13.3 Å². The zero-order valence-electron chi connectivity index (χ0n) is 45.3. The standard InChI is InChI=1S/C64H57N3O/c1-41-27-29-44(30-28-41)47-31-32-65-57(37-47)50-35-48(43-19-12-9-13-20-43)34-49(36-50)52-25-18-26-58-60(52)66-62(55-38-51(63(3,4)5)39-56(61(55)68)64(6,7)8)67(58)59-40-53(45-21-14-10-15-22-45)42(2)33-54(59)46-23-16-11-17-24-46/h9-40,68H,1-8H3/i1D3,2D3.